The molecule has 2 aliphatic rings. The summed E-state index contributed by atoms with van der Waals surface area (Å²) in [6, 6.07) is 0.213. The number of amides is 1. The number of likely N-dealkylation sites (tertiary alicyclic amines) is 1. The number of hydrogen-bond donors (Lipinski definition) is 0. The number of piperidine rings is 1. The van der Waals surface area contributed by atoms with E-state index >= 15 is 0 Å². The fourth-order valence-electron chi connectivity index (χ4n) is 2.85. The van der Waals surface area contributed by atoms with Gasteiger partial charge in [-0.2, -0.15) is 0 Å². The van der Waals surface area contributed by atoms with Crippen LogP contribution in [0.25, 0.3) is 0 Å². The van der Waals surface area contributed by atoms with Crippen molar-refractivity contribution in [2.24, 2.45) is 5.92 Å². The summed E-state index contributed by atoms with van der Waals surface area (Å²) in [4.78, 5) is 14.2. The Hall–Kier alpha value is -1.51. The highest BCUT2D eigenvalue weighted by molar-refractivity contribution is 7.92. The number of tetrazole rings is 1. The van der Waals surface area contributed by atoms with Crippen LogP contribution < -0.4 is 0 Å². The van der Waals surface area contributed by atoms with Gasteiger partial charge in [0.05, 0.1) is 6.04 Å². The fourth-order valence-corrected chi connectivity index (χ4v) is 4.11. The molecular weight excluding hydrogens is 318 g/mol. The molecule has 1 saturated carbocycles. The van der Waals surface area contributed by atoms with Gasteiger partial charge in [0.25, 0.3) is 0 Å². The first-order valence-electron chi connectivity index (χ1n) is 8.15. The van der Waals surface area contributed by atoms with E-state index in [1.54, 1.807) is 9.58 Å². The predicted molar refractivity (Wildman–Crippen MR) is 83.2 cm³/mol. The average molecular weight is 341 g/mol. The molecule has 1 unspecified atom stereocenters. The Labute approximate surface area is 136 Å². The molecule has 0 spiro atoms. The van der Waals surface area contributed by atoms with Gasteiger partial charge in [-0.3, -0.25) is 4.79 Å². The van der Waals surface area contributed by atoms with Crippen molar-refractivity contribution in [3.05, 3.63) is 5.82 Å². The standard InChI is InChI=1S/C14H23N5O3S/c1-10-5-7-18(8-6-10)14(20)11(2)23(21,22)9-13-15-16-17-19(13)12-3-4-12/h10-12H,3-9H2,1-2H3. The summed E-state index contributed by atoms with van der Waals surface area (Å²) in [7, 11) is -3.63. The normalized spacial score (nSPS) is 21.4. The molecule has 1 aromatic rings. The number of hydrogen-bond acceptors (Lipinski definition) is 6. The summed E-state index contributed by atoms with van der Waals surface area (Å²) >= 11 is 0. The Morgan fingerprint density at radius 2 is 1.91 bits per heavy atom. The highest BCUT2D eigenvalue weighted by Crippen LogP contribution is 2.34. The first kappa shape index (κ1) is 16.4. The molecule has 0 N–H and O–H groups in total. The minimum absolute atomic E-state index is 0.213. The third-order valence-corrected chi connectivity index (χ3v) is 6.71. The largest absolute Gasteiger partial charge is 0.342 e. The minimum Gasteiger partial charge on any atom is -0.342 e. The van der Waals surface area contributed by atoms with Crippen molar-refractivity contribution in [1.82, 2.24) is 25.1 Å². The SMILES string of the molecule is CC1CCN(C(=O)C(C)S(=O)(=O)Cc2nnnn2C2CC2)CC1. The molecular formula is C14H23N5O3S. The second-order valence-electron chi connectivity index (χ2n) is 6.73. The zero-order valence-electron chi connectivity index (χ0n) is 13.6. The van der Waals surface area contributed by atoms with Gasteiger partial charge in [0.15, 0.2) is 15.7 Å². The lowest BCUT2D eigenvalue weighted by atomic mass is 9.99. The Balaban J connectivity index is 1.68. The number of carbonyl (C=O) groups excluding carboxylic acids is 1. The van der Waals surface area contributed by atoms with Crippen LogP contribution in [0.4, 0.5) is 0 Å². The summed E-state index contributed by atoms with van der Waals surface area (Å²) in [6.07, 6.45) is 3.80. The van der Waals surface area contributed by atoms with Crippen molar-refractivity contribution in [1.29, 1.82) is 0 Å². The number of carbonyl (C=O) groups is 1. The fraction of sp³-hybridized carbons (Fsp3) is 0.857. The molecule has 8 nitrogen and oxygen atoms in total. The molecule has 1 saturated heterocycles. The lowest BCUT2D eigenvalue weighted by molar-refractivity contribution is -0.131. The molecule has 3 rings (SSSR count). The molecule has 23 heavy (non-hydrogen) atoms. The molecule has 2 heterocycles. The molecule has 1 aromatic heterocycles. The van der Waals surface area contributed by atoms with Gasteiger partial charge < -0.3 is 4.90 Å². The van der Waals surface area contributed by atoms with Crippen LogP contribution in [0, 0.1) is 5.92 Å². The molecule has 128 valence electrons. The van der Waals surface area contributed by atoms with E-state index in [9.17, 15) is 13.2 Å². The summed E-state index contributed by atoms with van der Waals surface area (Å²) in [5.41, 5.74) is 0. The molecule has 1 atom stereocenters. The molecule has 0 aromatic carbocycles. The van der Waals surface area contributed by atoms with E-state index in [4.69, 9.17) is 0 Å². The van der Waals surface area contributed by atoms with E-state index in [0.717, 1.165) is 25.7 Å². The van der Waals surface area contributed by atoms with Crippen molar-refractivity contribution in [3.8, 4) is 0 Å². The maximum absolute atomic E-state index is 12.6. The Morgan fingerprint density at radius 3 is 2.52 bits per heavy atom. The average Bonchev–Trinajstić information content (AvgIpc) is 3.26. The van der Waals surface area contributed by atoms with Gasteiger partial charge in [-0.15, -0.1) is 5.10 Å². The Kier molecular flexibility index (Phi) is 4.39. The van der Waals surface area contributed by atoms with Gasteiger partial charge in [0.2, 0.25) is 5.91 Å². The lowest BCUT2D eigenvalue weighted by Gasteiger charge is -2.32. The third kappa shape index (κ3) is 3.54. The highest BCUT2D eigenvalue weighted by atomic mass is 32.2. The van der Waals surface area contributed by atoms with Crippen molar-refractivity contribution in [2.75, 3.05) is 13.1 Å². The van der Waals surface area contributed by atoms with Crippen LogP contribution in [0.15, 0.2) is 0 Å². The van der Waals surface area contributed by atoms with Crippen LogP contribution in [-0.2, 0) is 20.4 Å². The first-order valence-corrected chi connectivity index (χ1v) is 9.87. The van der Waals surface area contributed by atoms with Crippen molar-refractivity contribution < 1.29 is 13.2 Å². The second-order valence-corrected chi connectivity index (χ2v) is 9.05. The molecule has 9 heteroatoms. The molecule has 1 aliphatic heterocycles. The van der Waals surface area contributed by atoms with Gasteiger partial charge in [-0.05, 0) is 49.0 Å². The van der Waals surface area contributed by atoms with E-state index in [1.807, 2.05) is 0 Å². The lowest BCUT2D eigenvalue weighted by Crippen LogP contribution is -2.45. The van der Waals surface area contributed by atoms with Gasteiger partial charge >= 0.3 is 0 Å². The molecule has 1 amide bonds. The minimum atomic E-state index is -3.63. The zero-order valence-corrected chi connectivity index (χ0v) is 14.4. The van der Waals surface area contributed by atoms with Crippen LogP contribution in [0.5, 0.6) is 0 Å². The molecule has 0 bridgehead atoms. The summed E-state index contributed by atoms with van der Waals surface area (Å²) in [5, 5.41) is 10.2. The molecule has 2 fully saturated rings. The van der Waals surface area contributed by atoms with Crippen LogP contribution >= 0.6 is 0 Å². The summed E-state index contributed by atoms with van der Waals surface area (Å²) in [5.74, 6) is 0.337. The third-order valence-electron chi connectivity index (χ3n) is 4.77. The number of aromatic nitrogens is 4. The van der Waals surface area contributed by atoms with E-state index in [1.165, 1.54) is 6.92 Å². The highest BCUT2D eigenvalue weighted by Gasteiger charge is 2.36. The predicted octanol–water partition coefficient (Wildman–Crippen LogP) is 0.570. The first-order chi connectivity index (χ1) is 10.9. The van der Waals surface area contributed by atoms with Crippen molar-refractivity contribution >= 4 is 15.7 Å². The van der Waals surface area contributed by atoms with E-state index in [2.05, 4.69) is 22.4 Å². The summed E-state index contributed by atoms with van der Waals surface area (Å²) < 4.78 is 26.8. The molecule has 0 radical (unpaired) electrons. The van der Waals surface area contributed by atoms with E-state index in [0.29, 0.717) is 24.8 Å². The van der Waals surface area contributed by atoms with Gasteiger partial charge in [0.1, 0.15) is 11.0 Å². The summed E-state index contributed by atoms with van der Waals surface area (Å²) in [6.45, 7) is 4.90. The van der Waals surface area contributed by atoms with Crippen LogP contribution in [0.2, 0.25) is 0 Å². The van der Waals surface area contributed by atoms with Gasteiger partial charge in [0, 0.05) is 13.1 Å². The zero-order chi connectivity index (χ0) is 16.6. The smallest absolute Gasteiger partial charge is 0.240 e. The van der Waals surface area contributed by atoms with Gasteiger partial charge in [-0.1, -0.05) is 6.92 Å². The Morgan fingerprint density at radius 1 is 1.26 bits per heavy atom. The number of nitrogens with zero attached hydrogens (tertiary/aromatic N) is 5. The maximum atomic E-state index is 12.6. The van der Waals surface area contributed by atoms with E-state index in [-0.39, 0.29) is 17.7 Å². The quantitative estimate of drug-likeness (QED) is 0.776. The second kappa shape index (κ2) is 6.18. The molecule has 1 aliphatic carbocycles. The Bertz CT molecular complexity index is 674. The van der Waals surface area contributed by atoms with Crippen LogP contribution in [0.3, 0.4) is 0 Å². The monoisotopic (exact) mass is 341 g/mol. The van der Waals surface area contributed by atoms with Crippen molar-refractivity contribution in [2.45, 2.75) is 56.6 Å². The van der Waals surface area contributed by atoms with Crippen LogP contribution in [-0.4, -0.2) is 57.8 Å². The van der Waals surface area contributed by atoms with Crippen molar-refractivity contribution in [3.63, 3.8) is 0 Å². The van der Waals surface area contributed by atoms with E-state index < -0.39 is 15.1 Å². The van der Waals surface area contributed by atoms with Gasteiger partial charge in [-0.25, -0.2) is 13.1 Å². The maximum Gasteiger partial charge on any atom is 0.240 e. The van der Waals surface area contributed by atoms with Crippen LogP contribution in [0.1, 0.15) is 51.4 Å². The number of rotatable bonds is 5. The topological polar surface area (TPSA) is 98.1 Å². The number of sulfone groups is 1.